The van der Waals surface area contributed by atoms with Crippen LogP contribution in [0.15, 0.2) is 40.8 Å². The highest BCUT2D eigenvalue weighted by atomic mass is 19.1. The van der Waals surface area contributed by atoms with Crippen LogP contribution in [0.5, 0.6) is 0 Å². The number of aryl methyl sites for hydroxylation is 1. The number of carbonyl (C=O) groups is 2. The number of nitrogens with zero attached hydrogens (tertiary/aromatic N) is 5. The molecule has 2 heterocycles. The summed E-state index contributed by atoms with van der Waals surface area (Å²) in [6, 6.07) is 8.95. The highest BCUT2D eigenvalue weighted by Crippen LogP contribution is 2.25. The van der Waals surface area contributed by atoms with E-state index in [9.17, 15) is 18.4 Å². The minimum atomic E-state index is -0.997. The van der Waals surface area contributed by atoms with Crippen molar-refractivity contribution in [1.29, 1.82) is 5.26 Å². The third-order valence-corrected chi connectivity index (χ3v) is 5.82. The van der Waals surface area contributed by atoms with Crippen molar-refractivity contribution >= 4 is 22.7 Å². The first-order chi connectivity index (χ1) is 18.0. The van der Waals surface area contributed by atoms with Crippen molar-refractivity contribution in [3.8, 4) is 6.07 Å². The Balaban J connectivity index is 1.63. The van der Waals surface area contributed by atoms with Crippen molar-refractivity contribution in [3.63, 3.8) is 0 Å². The van der Waals surface area contributed by atoms with Gasteiger partial charge in [-0.05, 0) is 23.6 Å². The van der Waals surface area contributed by atoms with Crippen molar-refractivity contribution in [2.45, 2.75) is 46.8 Å². The Kier molecular flexibility index (Phi) is 7.21. The fourth-order valence-corrected chi connectivity index (χ4v) is 3.93. The molecular formula is C26H25F2N7O3. The Morgan fingerprint density at radius 3 is 2.55 bits per heavy atom. The lowest BCUT2D eigenvalue weighted by Gasteiger charge is -2.30. The van der Waals surface area contributed by atoms with E-state index in [-0.39, 0.29) is 46.7 Å². The summed E-state index contributed by atoms with van der Waals surface area (Å²) in [5, 5.41) is 26.4. The molecule has 0 aliphatic rings. The van der Waals surface area contributed by atoms with Gasteiger partial charge in [0.15, 0.2) is 5.69 Å². The SMILES string of the molecule is Cc1nnc(CNC(=O)[C@@H](NC(=O)c2nn(Cc3ccc(C#N)cc3F)c3c(F)cccc23)C(C)(C)C)o1. The molecule has 2 amide bonds. The van der Waals surface area contributed by atoms with Gasteiger partial charge in [0.2, 0.25) is 17.7 Å². The average molecular weight is 522 g/mol. The van der Waals surface area contributed by atoms with E-state index in [1.165, 1.54) is 35.0 Å². The Hall–Kier alpha value is -4.66. The lowest BCUT2D eigenvalue weighted by atomic mass is 9.86. The van der Waals surface area contributed by atoms with E-state index < -0.39 is 34.9 Å². The Morgan fingerprint density at radius 2 is 1.92 bits per heavy atom. The van der Waals surface area contributed by atoms with Crippen molar-refractivity contribution in [2.75, 3.05) is 0 Å². The summed E-state index contributed by atoms with van der Waals surface area (Å²) in [7, 11) is 0. The minimum absolute atomic E-state index is 0.00457. The van der Waals surface area contributed by atoms with Gasteiger partial charge in [-0.25, -0.2) is 8.78 Å². The first kappa shape index (κ1) is 26.4. The second-order valence-electron chi connectivity index (χ2n) is 9.77. The van der Waals surface area contributed by atoms with Gasteiger partial charge in [-0.2, -0.15) is 10.4 Å². The van der Waals surface area contributed by atoms with E-state index in [1.54, 1.807) is 27.7 Å². The molecule has 2 N–H and O–H groups in total. The number of halogens is 2. The van der Waals surface area contributed by atoms with Gasteiger partial charge in [-0.15, -0.1) is 10.2 Å². The summed E-state index contributed by atoms with van der Waals surface area (Å²) in [5.74, 6) is -1.94. The van der Waals surface area contributed by atoms with Gasteiger partial charge in [0, 0.05) is 17.9 Å². The van der Waals surface area contributed by atoms with Crippen molar-refractivity contribution in [1.82, 2.24) is 30.6 Å². The number of nitrogens with one attached hydrogen (secondary N) is 2. The lowest BCUT2D eigenvalue weighted by Crippen LogP contribution is -2.53. The topological polar surface area (TPSA) is 139 Å². The molecule has 0 spiro atoms. The molecule has 38 heavy (non-hydrogen) atoms. The third-order valence-electron chi connectivity index (χ3n) is 5.82. The maximum atomic E-state index is 14.9. The maximum absolute atomic E-state index is 14.9. The van der Waals surface area contributed by atoms with E-state index in [0.717, 1.165) is 6.07 Å². The molecule has 196 valence electrons. The molecule has 0 saturated carbocycles. The summed E-state index contributed by atoms with van der Waals surface area (Å²) < 4.78 is 35.9. The molecule has 4 rings (SSSR count). The van der Waals surface area contributed by atoms with Gasteiger partial charge in [-0.3, -0.25) is 14.3 Å². The van der Waals surface area contributed by atoms with E-state index in [2.05, 4.69) is 25.9 Å². The number of benzene rings is 2. The van der Waals surface area contributed by atoms with Crippen molar-refractivity contribution in [2.24, 2.45) is 5.41 Å². The largest absolute Gasteiger partial charge is 0.424 e. The smallest absolute Gasteiger partial charge is 0.273 e. The molecule has 1 atom stereocenters. The van der Waals surface area contributed by atoms with Crippen LogP contribution in [0, 0.1) is 35.3 Å². The molecule has 0 fully saturated rings. The van der Waals surface area contributed by atoms with Crippen LogP contribution < -0.4 is 10.6 Å². The zero-order chi connectivity index (χ0) is 27.6. The number of rotatable bonds is 7. The van der Waals surface area contributed by atoms with Crippen molar-refractivity contribution in [3.05, 3.63) is 76.6 Å². The number of aromatic nitrogens is 4. The van der Waals surface area contributed by atoms with Gasteiger partial charge in [0.05, 0.1) is 24.7 Å². The quantitative estimate of drug-likeness (QED) is 0.380. The van der Waals surface area contributed by atoms with Gasteiger partial charge < -0.3 is 15.1 Å². The van der Waals surface area contributed by atoms with E-state index in [4.69, 9.17) is 9.68 Å². The van der Waals surface area contributed by atoms with Gasteiger partial charge in [-0.1, -0.05) is 39.0 Å². The molecule has 0 aliphatic heterocycles. The number of hydrogen-bond acceptors (Lipinski definition) is 7. The first-order valence-corrected chi connectivity index (χ1v) is 11.7. The Bertz CT molecular complexity index is 1560. The normalized spacial score (nSPS) is 12.2. The summed E-state index contributed by atoms with van der Waals surface area (Å²) in [5.41, 5.74) is -0.525. The summed E-state index contributed by atoms with van der Waals surface area (Å²) >= 11 is 0. The van der Waals surface area contributed by atoms with Crippen LogP contribution in [0.4, 0.5) is 8.78 Å². The molecule has 10 nitrogen and oxygen atoms in total. The van der Waals surface area contributed by atoms with Crippen LogP contribution in [0.25, 0.3) is 10.9 Å². The lowest BCUT2D eigenvalue weighted by molar-refractivity contribution is -0.125. The molecule has 2 aromatic carbocycles. The third kappa shape index (κ3) is 5.51. The Labute approximate surface area is 216 Å². The molecule has 0 radical (unpaired) electrons. The van der Waals surface area contributed by atoms with E-state index in [1.807, 2.05) is 6.07 Å². The number of amides is 2. The number of hydrogen-bond donors (Lipinski definition) is 2. The zero-order valence-electron chi connectivity index (χ0n) is 21.2. The van der Waals surface area contributed by atoms with E-state index >= 15 is 0 Å². The van der Waals surface area contributed by atoms with Gasteiger partial charge >= 0.3 is 0 Å². The van der Waals surface area contributed by atoms with E-state index in [0.29, 0.717) is 5.89 Å². The van der Waals surface area contributed by atoms with Crippen LogP contribution in [0.1, 0.15) is 54.2 Å². The van der Waals surface area contributed by atoms with Crippen LogP contribution in [-0.4, -0.2) is 37.8 Å². The van der Waals surface area contributed by atoms with Crippen LogP contribution >= 0.6 is 0 Å². The van der Waals surface area contributed by atoms with Crippen LogP contribution in [-0.2, 0) is 17.9 Å². The number of para-hydroxylation sites is 1. The fourth-order valence-electron chi connectivity index (χ4n) is 3.93. The van der Waals surface area contributed by atoms with Gasteiger partial charge in [0.25, 0.3) is 5.91 Å². The molecule has 12 heteroatoms. The molecule has 0 aliphatic carbocycles. The fraction of sp³-hybridized carbons (Fsp3) is 0.308. The number of fused-ring (bicyclic) bond motifs is 1. The molecule has 0 unspecified atom stereocenters. The number of carbonyl (C=O) groups excluding carboxylic acids is 2. The van der Waals surface area contributed by atoms with Crippen LogP contribution in [0.2, 0.25) is 0 Å². The molecule has 2 aromatic heterocycles. The zero-order valence-corrected chi connectivity index (χ0v) is 21.2. The molecule has 0 bridgehead atoms. The molecule has 4 aromatic rings. The monoisotopic (exact) mass is 521 g/mol. The second kappa shape index (κ2) is 10.4. The second-order valence-corrected chi connectivity index (χ2v) is 9.77. The van der Waals surface area contributed by atoms with Crippen molar-refractivity contribution < 1.29 is 22.8 Å². The summed E-state index contributed by atoms with van der Waals surface area (Å²) in [4.78, 5) is 26.4. The Morgan fingerprint density at radius 1 is 1.16 bits per heavy atom. The number of nitriles is 1. The average Bonchev–Trinajstić information content (AvgIpc) is 3.45. The standard InChI is InChI=1S/C26H25F2N7O3/c1-14-32-33-20(38-14)12-30-25(37)23(26(2,3)4)31-24(36)21-17-6-5-7-18(27)22(17)35(34-21)13-16-9-8-15(11-29)10-19(16)28/h5-10,23H,12-13H2,1-4H3,(H,30,37)(H,31,36)/t23-/m1/s1. The summed E-state index contributed by atoms with van der Waals surface area (Å²) in [6.07, 6.45) is 0. The maximum Gasteiger partial charge on any atom is 0.273 e. The summed E-state index contributed by atoms with van der Waals surface area (Å²) in [6.45, 7) is 6.74. The minimum Gasteiger partial charge on any atom is -0.424 e. The molecule has 0 saturated heterocycles. The molecular weight excluding hydrogens is 496 g/mol. The highest BCUT2D eigenvalue weighted by Gasteiger charge is 2.34. The predicted octanol–water partition coefficient (Wildman–Crippen LogP) is 3.39. The van der Waals surface area contributed by atoms with Gasteiger partial charge in [0.1, 0.15) is 23.2 Å². The first-order valence-electron chi connectivity index (χ1n) is 11.7. The highest BCUT2D eigenvalue weighted by molar-refractivity contribution is 6.06. The van der Waals surface area contributed by atoms with Crippen LogP contribution in [0.3, 0.4) is 0 Å². The predicted molar refractivity (Wildman–Crippen MR) is 131 cm³/mol.